The lowest BCUT2D eigenvalue weighted by Gasteiger charge is -2.21. The molecule has 0 unspecified atom stereocenters. The molecule has 4 nitrogen and oxygen atoms in total. The van der Waals surface area contributed by atoms with Gasteiger partial charge in [0, 0.05) is 39.0 Å². The Morgan fingerprint density at radius 2 is 2.15 bits per heavy atom. The van der Waals surface area contributed by atoms with Crippen molar-refractivity contribution in [2.75, 3.05) is 27.4 Å². The van der Waals surface area contributed by atoms with E-state index in [1.807, 2.05) is 12.1 Å². The van der Waals surface area contributed by atoms with Gasteiger partial charge in [0.15, 0.2) is 0 Å². The van der Waals surface area contributed by atoms with Crippen LogP contribution in [-0.2, 0) is 17.8 Å². The number of nitrogens with zero attached hydrogens (tertiary/aromatic N) is 2. The minimum atomic E-state index is 0.716. The molecule has 0 radical (unpaired) electrons. The maximum absolute atomic E-state index is 5.24. The second-order valence-electron chi connectivity index (χ2n) is 4.52. The first-order valence-electron chi connectivity index (χ1n) is 6.53. The number of hydrogen-bond acceptors (Lipinski definition) is 5. The van der Waals surface area contributed by atoms with Crippen LogP contribution in [0.3, 0.4) is 0 Å². The Balaban J connectivity index is 2.02. The summed E-state index contributed by atoms with van der Waals surface area (Å²) in [6.07, 6.45) is 1.78. The predicted octanol–water partition coefficient (Wildman–Crippen LogP) is 2.80. The molecule has 0 bridgehead atoms. The van der Waals surface area contributed by atoms with Crippen molar-refractivity contribution < 1.29 is 9.47 Å². The van der Waals surface area contributed by atoms with Crippen LogP contribution in [0.1, 0.15) is 11.3 Å². The molecule has 0 spiro atoms. The third-order valence-corrected chi connectivity index (χ3v) is 3.74. The minimum Gasteiger partial charge on any atom is -0.497 e. The summed E-state index contributed by atoms with van der Waals surface area (Å²) in [4.78, 5) is 6.73. The average molecular weight is 292 g/mol. The van der Waals surface area contributed by atoms with Crippen LogP contribution in [0.25, 0.3) is 0 Å². The zero-order valence-corrected chi connectivity index (χ0v) is 12.7. The van der Waals surface area contributed by atoms with E-state index in [4.69, 9.17) is 9.47 Å². The van der Waals surface area contributed by atoms with Crippen LogP contribution in [0.15, 0.2) is 35.2 Å². The Morgan fingerprint density at radius 3 is 2.85 bits per heavy atom. The highest BCUT2D eigenvalue weighted by Crippen LogP contribution is 2.14. The number of ether oxygens (including phenoxy) is 2. The molecular formula is C15H20N2O2S. The van der Waals surface area contributed by atoms with E-state index in [1.165, 1.54) is 5.56 Å². The minimum absolute atomic E-state index is 0.716. The fourth-order valence-corrected chi connectivity index (χ4v) is 2.63. The van der Waals surface area contributed by atoms with Gasteiger partial charge >= 0.3 is 0 Å². The monoisotopic (exact) mass is 292 g/mol. The second-order valence-corrected chi connectivity index (χ2v) is 5.30. The van der Waals surface area contributed by atoms with Gasteiger partial charge in [0.1, 0.15) is 5.75 Å². The van der Waals surface area contributed by atoms with E-state index in [9.17, 15) is 0 Å². The van der Waals surface area contributed by atoms with Crippen LogP contribution in [-0.4, -0.2) is 37.3 Å². The third kappa shape index (κ3) is 4.59. The first-order chi connectivity index (χ1) is 9.81. The molecule has 0 saturated heterocycles. The van der Waals surface area contributed by atoms with E-state index in [2.05, 4.69) is 26.7 Å². The number of thiophene rings is 1. The van der Waals surface area contributed by atoms with Crippen LogP contribution >= 0.6 is 11.3 Å². The largest absolute Gasteiger partial charge is 0.497 e. The summed E-state index contributed by atoms with van der Waals surface area (Å²) in [5.74, 6) is 0.845. The highest BCUT2D eigenvalue weighted by atomic mass is 32.1. The average Bonchev–Trinajstić information content (AvgIpc) is 2.98. The second kappa shape index (κ2) is 7.99. The van der Waals surface area contributed by atoms with Gasteiger partial charge in [-0.15, -0.1) is 0 Å². The Bertz CT molecular complexity index is 502. The smallest absolute Gasteiger partial charge is 0.122 e. The zero-order valence-electron chi connectivity index (χ0n) is 11.9. The molecule has 2 aromatic rings. The first-order valence-corrected chi connectivity index (χ1v) is 7.47. The first kappa shape index (κ1) is 15.0. The van der Waals surface area contributed by atoms with Crippen molar-refractivity contribution in [1.29, 1.82) is 0 Å². The molecule has 2 rings (SSSR count). The van der Waals surface area contributed by atoms with Gasteiger partial charge in [-0.1, -0.05) is 0 Å². The quantitative estimate of drug-likeness (QED) is 0.749. The predicted molar refractivity (Wildman–Crippen MR) is 81.1 cm³/mol. The summed E-state index contributed by atoms with van der Waals surface area (Å²) < 4.78 is 10.4. The van der Waals surface area contributed by atoms with E-state index < -0.39 is 0 Å². The van der Waals surface area contributed by atoms with E-state index in [0.29, 0.717) is 6.61 Å². The number of rotatable bonds is 8. The van der Waals surface area contributed by atoms with E-state index in [0.717, 1.165) is 31.1 Å². The van der Waals surface area contributed by atoms with Crippen LogP contribution in [0.2, 0.25) is 0 Å². The molecule has 108 valence electrons. The van der Waals surface area contributed by atoms with Crippen molar-refractivity contribution in [2.45, 2.75) is 13.1 Å². The molecule has 0 aromatic carbocycles. The van der Waals surface area contributed by atoms with Gasteiger partial charge in [-0.3, -0.25) is 9.88 Å². The molecule has 0 aliphatic rings. The molecule has 0 fully saturated rings. The van der Waals surface area contributed by atoms with Gasteiger partial charge in [0.05, 0.1) is 19.4 Å². The summed E-state index contributed by atoms with van der Waals surface area (Å²) in [5, 5.41) is 4.28. The molecule has 2 aromatic heterocycles. The van der Waals surface area contributed by atoms with Crippen LogP contribution in [0.4, 0.5) is 0 Å². The fourth-order valence-electron chi connectivity index (χ4n) is 1.97. The number of pyridine rings is 1. The van der Waals surface area contributed by atoms with E-state index in [-0.39, 0.29) is 0 Å². The highest BCUT2D eigenvalue weighted by molar-refractivity contribution is 7.07. The molecule has 5 heteroatoms. The van der Waals surface area contributed by atoms with Crippen molar-refractivity contribution in [3.63, 3.8) is 0 Å². The van der Waals surface area contributed by atoms with Gasteiger partial charge in [-0.25, -0.2) is 0 Å². The van der Waals surface area contributed by atoms with Crippen molar-refractivity contribution in [2.24, 2.45) is 0 Å². The van der Waals surface area contributed by atoms with Crippen LogP contribution in [0, 0.1) is 0 Å². The molecule has 0 aliphatic carbocycles. The third-order valence-electron chi connectivity index (χ3n) is 3.01. The van der Waals surface area contributed by atoms with Gasteiger partial charge in [0.2, 0.25) is 0 Å². The van der Waals surface area contributed by atoms with Crippen molar-refractivity contribution in [1.82, 2.24) is 9.88 Å². The number of aromatic nitrogens is 1. The Hall–Kier alpha value is -1.43. The maximum atomic E-state index is 5.24. The fraction of sp³-hybridized carbons (Fsp3) is 0.400. The maximum Gasteiger partial charge on any atom is 0.122 e. The lowest BCUT2D eigenvalue weighted by Crippen LogP contribution is -2.26. The molecule has 0 saturated carbocycles. The van der Waals surface area contributed by atoms with Crippen LogP contribution < -0.4 is 4.74 Å². The van der Waals surface area contributed by atoms with Crippen molar-refractivity contribution in [3.8, 4) is 5.75 Å². The molecule has 0 amide bonds. The summed E-state index contributed by atoms with van der Waals surface area (Å²) in [6, 6.07) is 6.00. The Kier molecular flexibility index (Phi) is 5.98. The zero-order chi connectivity index (χ0) is 14.2. The summed E-state index contributed by atoms with van der Waals surface area (Å²) in [7, 11) is 3.40. The standard InChI is InChI=1S/C15H20N2O2S/c1-18-7-6-17(10-13-4-8-20-12-13)11-14-9-15(19-2)3-5-16-14/h3-5,8-9,12H,6-7,10-11H2,1-2H3. The van der Waals surface area contributed by atoms with Gasteiger partial charge in [0.25, 0.3) is 0 Å². The number of methoxy groups -OCH3 is 2. The molecule has 2 heterocycles. The molecule has 0 atom stereocenters. The molecular weight excluding hydrogens is 272 g/mol. The summed E-state index contributed by atoms with van der Waals surface area (Å²) in [6.45, 7) is 3.29. The van der Waals surface area contributed by atoms with Gasteiger partial charge in [-0.05, 0) is 28.5 Å². The van der Waals surface area contributed by atoms with Crippen molar-refractivity contribution >= 4 is 11.3 Å². The van der Waals surface area contributed by atoms with Gasteiger partial charge in [-0.2, -0.15) is 11.3 Å². The van der Waals surface area contributed by atoms with Crippen molar-refractivity contribution in [3.05, 3.63) is 46.4 Å². The Morgan fingerprint density at radius 1 is 1.25 bits per heavy atom. The summed E-state index contributed by atoms with van der Waals surface area (Å²) in [5.41, 5.74) is 2.34. The number of hydrogen-bond donors (Lipinski definition) is 0. The normalized spacial score (nSPS) is 10.9. The van der Waals surface area contributed by atoms with E-state index in [1.54, 1.807) is 31.8 Å². The van der Waals surface area contributed by atoms with Crippen LogP contribution in [0.5, 0.6) is 5.75 Å². The molecule has 0 N–H and O–H groups in total. The van der Waals surface area contributed by atoms with E-state index >= 15 is 0 Å². The van der Waals surface area contributed by atoms with Gasteiger partial charge < -0.3 is 9.47 Å². The lowest BCUT2D eigenvalue weighted by molar-refractivity contribution is 0.139. The summed E-state index contributed by atoms with van der Waals surface area (Å²) >= 11 is 1.72. The molecule has 0 aliphatic heterocycles. The lowest BCUT2D eigenvalue weighted by atomic mass is 10.2. The topological polar surface area (TPSA) is 34.6 Å². The Labute approximate surface area is 124 Å². The molecule has 20 heavy (non-hydrogen) atoms. The SMILES string of the molecule is COCCN(Cc1ccsc1)Cc1cc(OC)ccn1. The highest BCUT2D eigenvalue weighted by Gasteiger charge is 2.09.